The number of hydrogen-bond acceptors (Lipinski definition) is 6. The van der Waals surface area contributed by atoms with E-state index in [1.54, 1.807) is 0 Å². The van der Waals surface area contributed by atoms with E-state index in [1.807, 2.05) is 41.5 Å². The number of unbranched alkanes of at least 4 members (excludes halogenated alkanes) is 3. The highest BCUT2D eigenvalue weighted by molar-refractivity contribution is 4.91. The Kier molecular flexibility index (Phi) is 15.9. The largest absolute Gasteiger partial charge is 0.353 e. The summed E-state index contributed by atoms with van der Waals surface area (Å²) >= 11 is 0. The van der Waals surface area contributed by atoms with E-state index in [2.05, 4.69) is 19.7 Å². The van der Waals surface area contributed by atoms with Crippen LogP contribution in [0.3, 0.4) is 0 Å². The topological polar surface area (TPSA) is 93.7 Å². The van der Waals surface area contributed by atoms with Gasteiger partial charge in [-0.3, -0.25) is 0 Å². The average molecular weight is 550 g/mol. The lowest BCUT2D eigenvalue weighted by molar-refractivity contribution is -0.0365. The summed E-state index contributed by atoms with van der Waals surface area (Å²) < 4.78 is 21.3. The molecule has 3 atom stereocenters. The molecule has 0 fully saturated rings. The van der Waals surface area contributed by atoms with Crippen molar-refractivity contribution < 1.29 is 14.2 Å². The fourth-order valence-corrected chi connectivity index (χ4v) is 4.05. The zero-order valence-electron chi connectivity index (χ0n) is 25.1. The van der Waals surface area contributed by atoms with Gasteiger partial charge in [-0.1, -0.05) is 76.5 Å². The molecule has 0 radical (unpaired) electrons. The molecule has 0 aliphatic heterocycles. The van der Waals surface area contributed by atoms with Crippen LogP contribution < -0.4 is 17.1 Å². The lowest BCUT2D eigenvalue weighted by Gasteiger charge is -2.28. The molecule has 1 aromatic heterocycles. The summed E-state index contributed by atoms with van der Waals surface area (Å²) in [6, 6.07) is 0. The smallest absolute Gasteiger partial charge is 0.340 e. The number of ether oxygens (including phenoxy) is 3. The molecular formula is C30H51N3O6. The molecule has 39 heavy (non-hydrogen) atoms. The molecule has 0 aliphatic carbocycles. The molecule has 1 heterocycles. The Labute approximate surface area is 233 Å². The van der Waals surface area contributed by atoms with E-state index in [-0.39, 0.29) is 19.8 Å². The average Bonchev–Trinajstić information content (AvgIpc) is 2.87. The van der Waals surface area contributed by atoms with Crippen LogP contribution in [-0.2, 0) is 14.2 Å². The van der Waals surface area contributed by atoms with Gasteiger partial charge in [0.2, 0.25) is 0 Å². The van der Waals surface area contributed by atoms with Crippen LogP contribution in [0.2, 0.25) is 0 Å². The minimum Gasteiger partial charge on any atom is -0.353 e. The minimum atomic E-state index is -0.874. The summed E-state index contributed by atoms with van der Waals surface area (Å²) in [4.78, 5) is 42.1. The minimum absolute atomic E-state index is 0.177. The molecular weight excluding hydrogens is 498 g/mol. The molecule has 9 heteroatoms. The monoisotopic (exact) mass is 549 g/mol. The highest BCUT2D eigenvalue weighted by atomic mass is 16.5. The van der Waals surface area contributed by atoms with E-state index in [4.69, 9.17) is 14.2 Å². The first-order valence-corrected chi connectivity index (χ1v) is 14.3. The predicted octanol–water partition coefficient (Wildman–Crippen LogP) is 6.02. The first-order chi connectivity index (χ1) is 18.5. The highest BCUT2D eigenvalue weighted by Gasteiger charge is 2.29. The zero-order chi connectivity index (χ0) is 29.5. The summed E-state index contributed by atoms with van der Waals surface area (Å²) in [7, 11) is 0. The Morgan fingerprint density at radius 1 is 0.564 bits per heavy atom. The van der Waals surface area contributed by atoms with Crippen molar-refractivity contribution >= 4 is 0 Å². The van der Waals surface area contributed by atoms with Crippen molar-refractivity contribution in [2.45, 2.75) is 118 Å². The zero-order valence-corrected chi connectivity index (χ0v) is 25.1. The second-order valence-electron chi connectivity index (χ2n) is 10.6. The summed E-state index contributed by atoms with van der Waals surface area (Å²) in [5, 5.41) is 0. The van der Waals surface area contributed by atoms with Crippen LogP contribution in [0.15, 0.2) is 50.8 Å². The Balaban J connectivity index is 4.03. The maximum Gasteiger partial charge on any atom is 0.340 e. The van der Waals surface area contributed by atoms with Crippen molar-refractivity contribution in [3.63, 3.8) is 0 Å². The molecule has 9 nitrogen and oxygen atoms in total. The highest BCUT2D eigenvalue weighted by Crippen LogP contribution is 2.20. The lowest BCUT2D eigenvalue weighted by atomic mass is 10.2. The number of nitrogens with zero attached hydrogens (tertiary/aromatic N) is 3. The van der Waals surface area contributed by atoms with Crippen LogP contribution in [0.25, 0.3) is 0 Å². The van der Waals surface area contributed by atoms with E-state index < -0.39 is 35.8 Å². The lowest BCUT2D eigenvalue weighted by Crippen LogP contribution is -2.58. The van der Waals surface area contributed by atoms with E-state index >= 15 is 0 Å². The molecule has 0 aliphatic rings. The second-order valence-corrected chi connectivity index (χ2v) is 10.6. The summed E-state index contributed by atoms with van der Waals surface area (Å²) in [6.07, 6.45) is 3.36. The van der Waals surface area contributed by atoms with Crippen LogP contribution in [0.1, 0.15) is 118 Å². The number of rotatable bonds is 21. The molecule has 0 amide bonds. The van der Waals surface area contributed by atoms with Crippen molar-refractivity contribution in [2.75, 3.05) is 19.8 Å². The SMILES string of the molecule is C=C(C)COC(CCCC)n1c(=O)n(C(CCCC)OCC(=C)C)c(=O)n(C(CCCC)OCC(=C)C)c1=O. The standard InChI is InChI=1S/C30H51N3O6/c1-10-13-16-25(37-19-22(4)5)31-28(34)32(26(17-14-11-2)38-20-23(6)7)30(36)33(29(31)35)27(18-15-12-3)39-21-24(8)9/h25-27H,4,6,8,10-21H2,1-3,5,7,9H3. The third-order valence-corrected chi connectivity index (χ3v) is 6.08. The molecule has 0 aromatic carbocycles. The Hall–Kier alpha value is -2.49. The quantitative estimate of drug-likeness (QED) is 0.174. The van der Waals surface area contributed by atoms with Crippen molar-refractivity contribution in [3.8, 4) is 0 Å². The van der Waals surface area contributed by atoms with Gasteiger partial charge in [0, 0.05) is 0 Å². The molecule has 1 rings (SSSR count). The van der Waals surface area contributed by atoms with Crippen LogP contribution >= 0.6 is 0 Å². The maximum atomic E-state index is 14.0. The first kappa shape index (κ1) is 34.5. The normalized spacial score (nSPS) is 13.7. The van der Waals surface area contributed by atoms with Gasteiger partial charge in [-0.25, -0.2) is 28.1 Å². The first-order valence-electron chi connectivity index (χ1n) is 14.3. The van der Waals surface area contributed by atoms with Gasteiger partial charge in [0.1, 0.15) is 18.7 Å². The Morgan fingerprint density at radius 2 is 0.795 bits per heavy atom. The van der Waals surface area contributed by atoms with E-state index in [0.29, 0.717) is 19.3 Å². The Bertz CT molecular complexity index is 945. The summed E-state index contributed by atoms with van der Waals surface area (Å²) in [5.74, 6) is 0. The molecule has 0 bridgehead atoms. The van der Waals surface area contributed by atoms with Crippen molar-refractivity contribution in [1.29, 1.82) is 0 Å². The van der Waals surface area contributed by atoms with Crippen LogP contribution in [0.4, 0.5) is 0 Å². The van der Waals surface area contributed by atoms with Gasteiger partial charge in [-0.15, -0.1) is 0 Å². The Morgan fingerprint density at radius 3 is 0.974 bits per heavy atom. The third-order valence-electron chi connectivity index (χ3n) is 6.08. The molecule has 222 valence electrons. The van der Waals surface area contributed by atoms with Crippen LogP contribution in [-0.4, -0.2) is 33.5 Å². The second kappa shape index (κ2) is 18.0. The van der Waals surface area contributed by atoms with Crippen LogP contribution in [0.5, 0.6) is 0 Å². The van der Waals surface area contributed by atoms with E-state index in [1.165, 1.54) is 0 Å². The van der Waals surface area contributed by atoms with Gasteiger partial charge in [0.05, 0.1) is 19.8 Å². The van der Waals surface area contributed by atoms with E-state index in [0.717, 1.165) is 68.9 Å². The van der Waals surface area contributed by atoms with Gasteiger partial charge < -0.3 is 14.2 Å². The molecule has 1 aromatic rings. The molecule has 0 saturated carbocycles. The summed E-state index contributed by atoms with van der Waals surface area (Å²) in [6.45, 7) is 23.7. The van der Waals surface area contributed by atoms with Crippen LogP contribution in [0, 0.1) is 0 Å². The van der Waals surface area contributed by atoms with Crippen molar-refractivity contribution in [1.82, 2.24) is 13.7 Å². The number of hydrogen-bond donors (Lipinski definition) is 0. The van der Waals surface area contributed by atoms with Gasteiger partial charge in [0.25, 0.3) is 0 Å². The predicted molar refractivity (Wildman–Crippen MR) is 157 cm³/mol. The van der Waals surface area contributed by atoms with E-state index in [9.17, 15) is 14.4 Å². The van der Waals surface area contributed by atoms with Gasteiger partial charge in [0.15, 0.2) is 0 Å². The molecule has 3 unspecified atom stereocenters. The third kappa shape index (κ3) is 10.9. The number of aromatic nitrogens is 3. The van der Waals surface area contributed by atoms with Gasteiger partial charge in [-0.2, -0.15) is 0 Å². The van der Waals surface area contributed by atoms with Crippen molar-refractivity contribution in [3.05, 3.63) is 67.9 Å². The van der Waals surface area contributed by atoms with Crippen molar-refractivity contribution in [2.24, 2.45) is 0 Å². The molecule has 0 saturated heterocycles. The summed E-state index contributed by atoms with van der Waals surface area (Å²) in [5.41, 5.74) is 0.0290. The maximum absolute atomic E-state index is 14.0. The fourth-order valence-electron chi connectivity index (χ4n) is 4.05. The van der Waals surface area contributed by atoms with Gasteiger partial charge >= 0.3 is 17.1 Å². The molecule has 0 N–H and O–H groups in total. The molecule has 0 spiro atoms. The van der Waals surface area contributed by atoms with Gasteiger partial charge in [-0.05, 0) is 59.3 Å². The fraction of sp³-hybridized carbons (Fsp3) is 0.700.